The average molecular weight is 275 g/mol. The van der Waals surface area contributed by atoms with Crippen LogP contribution in [0.1, 0.15) is 38.4 Å². The zero-order chi connectivity index (χ0) is 14.1. The van der Waals surface area contributed by atoms with Gasteiger partial charge in [-0.2, -0.15) is 0 Å². The van der Waals surface area contributed by atoms with Crippen LogP contribution < -0.4 is 10.6 Å². The second-order valence-corrected chi connectivity index (χ2v) is 6.29. The molecule has 110 valence electrons. The van der Waals surface area contributed by atoms with Gasteiger partial charge in [0.2, 0.25) is 0 Å². The van der Waals surface area contributed by atoms with Gasteiger partial charge < -0.3 is 15.5 Å². The lowest BCUT2D eigenvalue weighted by molar-refractivity contribution is 0.0973. The lowest BCUT2D eigenvalue weighted by Crippen LogP contribution is -2.53. The van der Waals surface area contributed by atoms with E-state index < -0.39 is 0 Å². The molecule has 0 spiro atoms. The Balaban J connectivity index is 1.78. The van der Waals surface area contributed by atoms with Crippen molar-refractivity contribution >= 4 is 11.6 Å². The highest BCUT2D eigenvalue weighted by molar-refractivity contribution is 5.48. The largest absolute Gasteiger partial charge is 0.373 e. The van der Waals surface area contributed by atoms with E-state index >= 15 is 0 Å². The van der Waals surface area contributed by atoms with E-state index in [1.54, 1.807) is 0 Å². The van der Waals surface area contributed by atoms with Crippen molar-refractivity contribution in [1.29, 1.82) is 0 Å². The van der Waals surface area contributed by atoms with Gasteiger partial charge >= 0.3 is 0 Å². The van der Waals surface area contributed by atoms with Crippen LogP contribution in [0.3, 0.4) is 0 Å². The standard InChI is InChI=1S/C15H25N5/c1-10(2)15-18-13(16-3)8-14(19-15)17-12-9-20-6-4-11(12)5-7-20/h8,10-12H,4-7,9H2,1-3H3,(H2,16,17,18,19). The zero-order valence-electron chi connectivity index (χ0n) is 12.7. The van der Waals surface area contributed by atoms with Crippen molar-refractivity contribution in [2.24, 2.45) is 5.92 Å². The van der Waals surface area contributed by atoms with Crippen LogP contribution in [-0.4, -0.2) is 47.6 Å². The minimum atomic E-state index is 0.343. The molecule has 3 saturated heterocycles. The molecule has 1 unspecified atom stereocenters. The average Bonchev–Trinajstić information content (AvgIpc) is 2.48. The van der Waals surface area contributed by atoms with E-state index in [1.165, 1.54) is 25.9 Å². The fourth-order valence-electron chi connectivity index (χ4n) is 3.24. The van der Waals surface area contributed by atoms with Crippen LogP contribution in [0.5, 0.6) is 0 Å². The number of anilines is 2. The van der Waals surface area contributed by atoms with E-state index in [2.05, 4.69) is 39.3 Å². The second-order valence-electron chi connectivity index (χ2n) is 6.29. The first-order chi connectivity index (χ1) is 9.65. The van der Waals surface area contributed by atoms with Crippen LogP contribution in [0.15, 0.2) is 6.07 Å². The Morgan fingerprint density at radius 1 is 1.20 bits per heavy atom. The van der Waals surface area contributed by atoms with Crippen LogP contribution in [0.4, 0.5) is 11.6 Å². The van der Waals surface area contributed by atoms with Crippen LogP contribution in [-0.2, 0) is 0 Å². The van der Waals surface area contributed by atoms with Crippen molar-refractivity contribution < 1.29 is 0 Å². The molecule has 1 aromatic rings. The predicted octanol–water partition coefficient (Wildman–Crippen LogP) is 2.15. The molecule has 2 N–H and O–H groups in total. The van der Waals surface area contributed by atoms with Crippen LogP contribution in [0, 0.1) is 5.92 Å². The first-order valence-electron chi connectivity index (χ1n) is 7.71. The van der Waals surface area contributed by atoms with Crippen molar-refractivity contribution in [3.8, 4) is 0 Å². The van der Waals surface area contributed by atoms with Crippen LogP contribution in [0.25, 0.3) is 0 Å². The molecule has 0 aliphatic carbocycles. The summed E-state index contributed by atoms with van der Waals surface area (Å²) in [7, 11) is 1.91. The topological polar surface area (TPSA) is 53.1 Å². The van der Waals surface area contributed by atoms with Gasteiger partial charge in [0.25, 0.3) is 0 Å². The van der Waals surface area contributed by atoms with Gasteiger partial charge in [0, 0.05) is 31.6 Å². The molecular weight excluding hydrogens is 250 g/mol. The molecule has 5 heteroatoms. The van der Waals surface area contributed by atoms with Gasteiger partial charge in [-0.3, -0.25) is 0 Å². The van der Waals surface area contributed by atoms with Gasteiger partial charge in [0.15, 0.2) is 0 Å². The summed E-state index contributed by atoms with van der Waals surface area (Å²) in [5.74, 6) is 3.91. The smallest absolute Gasteiger partial charge is 0.135 e. The summed E-state index contributed by atoms with van der Waals surface area (Å²) in [6.07, 6.45) is 2.64. The van der Waals surface area contributed by atoms with Gasteiger partial charge in [-0.15, -0.1) is 0 Å². The highest BCUT2D eigenvalue weighted by Crippen LogP contribution is 2.30. The second kappa shape index (κ2) is 5.56. The summed E-state index contributed by atoms with van der Waals surface area (Å²) in [6, 6.07) is 2.56. The third-order valence-electron chi connectivity index (χ3n) is 4.51. The van der Waals surface area contributed by atoms with Crippen molar-refractivity contribution in [2.75, 3.05) is 37.3 Å². The minimum absolute atomic E-state index is 0.343. The Morgan fingerprint density at radius 3 is 2.45 bits per heavy atom. The van der Waals surface area contributed by atoms with Crippen LogP contribution in [0.2, 0.25) is 0 Å². The van der Waals surface area contributed by atoms with Gasteiger partial charge in [-0.25, -0.2) is 9.97 Å². The summed E-state index contributed by atoms with van der Waals surface area (Å²) in [6.45, 7) is 7.96. The molecule has 3 fully saturated rings. The Labute approximate surface area is 121 Å². The third kappa shape index (κ3) is 2.73. The van der Waals surface area contributed by atoms with Gasteiger partial charge in [0.1, 0.15) is 17.5 Å². The Hall–Kier alpha value is -1.36. The molecule has 5 nitrogen and oxygen atoms in total. The number of nitrogens with one attached hydrogen (secondary N) is 2. The molecule has 4 heterocycles. The summed E-state index contributed by atoms with van der Waals surface area (Å²) in [4.78, 5) is 11.8. The van der Waals surface area contributed by atoms with E-state index in [4.69, 9.17) is 0 Å². The molecule has 0 saturated carbocycles. The fraction of sp³-hybridized carbons (Fsp3) is 0.733. The van der Waals surface area contributed by atoms with Crippen LogP contribution >= 0.6 is 0 Å². The fourth-order valence-corrected chi connectivity index (χ4v) is 3.24. The van der Waals surface area contributed by atoms with E-state index in [9.17, 15) is 0 Å². The summed E-state index contributed by atoms with van der Waals surface area (Å²) < 4.78 is 0. The van der Waals surface area contributed by atoms with E-state index in [0.717, 1.165) is 29.9 Å². The minimum Gasteiger partial charge on any atom is -0.373 e. The molecule has 0 aromatic carbocycles. The van der Waals surface area contributed by atoms with E-state index in [0.29, 0.717) is 12.0 Å². The van der Waals surface area contributed by atoms with E-state index in [1.807, 2.05) is 13.1 Å². The number of hydrogen-bond donors (Lipinski definition) is 2. The SMILES string of the molecule is CNc1cc(NC2CN3CCC2CC3)nc(C(C)C)n1. The molecular formula is C15H25N5. The molecule has 0 radical (unpaired) electrons. The highest BCUT2D eigenvalue weighted by Gasteiger charge is 2.34. The first-order valence-corrected chi connectivity index (χ1v) is 7.71. The lowest BCUT2D eigenvalue weighted by Gasteiger charge is -2.45. The Kier molecular flexibility index (Phi) is 3.78. The normalized spacial score (nSPS) is 28.7. The highest BCUT2D eigenvalue weighted by atomic mass is 15.2. The number of aromatic nitrogens is 2. The third-order valence-corrected chi connectivity index (χ3v) is 4.51. The maximum atomic E-state index is 4.68. The maximum absolute atomic E-state index is 4.68. The number of rotatable bonds is 4. The molecule has 20 heavy (non-hydrogen) atoms. The molecule has 2 bridgehead atoms. The number of piperidine rings is 3. The molecule has 0 amide bonds. The van der Waals surface area contributed by atoms with Crippen molar-refractivity contribution in [3.63, 3.8) is 0 Å². The molecule has 1 aromatic heterocycles. The molecule has 3 aliphatic rings. The lowest BCUT2D eigenvalue weighted by atomic mass is 9.84. The van der Waals surface area contributed by atoms with Gasteiger partial charge in [-0.05, 0) is 31.8 Å². The van der Waals surface area contributed by atoms with Gasteiger partial charge in [0.05, 0.1) is 0 Å². The maximum Gasteiger partial charge on any atom is 0.135 e. The molecule has 1 atom stereocenters. The van der Waals surface area contributed by atoms with E-state index in [-0.39, 0.29) is 0 Å². The van der Waals surface area contributed by atoms with Gasteiger partial charge in [-0.1, -0.05) is 13.8 Å². The summed E-state index contributed by atoms with van der Waals surface area (Å²) in [5.41, 5.74) is 0. The molecule has 4 rings (SSSR count). The predicted molar refractivity (Wildman–Crippen MR) is 82.2 cm³/mol. The zero-order valence-corrected chi connectivity index (χ0v) is 12.7. The Morgan fingerprint density at radius 2 is 1.90 bits per heavy atom. The number of hydrogen-bond acceptors (Lipinski definition) is 5. The quantitative estimate of drug-likeness (QED) is 0.882. The first kappa shape index (κ1) is 13.6. The van der Waals surface area contributed by atoms with Crippen molar-refractivity contribution in [1.82, 2.24) is 14.9 Å². The Bertz CT molecular complexity index is 465. The molecule has 3 aliphatic heterocycles. The number of fused-ring (bicyclic) bond motifs is 3. The number of nitrogens with zero attached hydrogens (tertiary/aromatic N) is 3. The van der Waals surface area contributed by atoms with Crippen molar-refractivity contribution in [3.05, 3.63) is 11.9 Å². The monoisotopic (exact) mass is 275 g/mol. The van der Waals surface area contributed by atoms with Crippen molar-refractivity contribution in [2.45, 2.75) is 38.6 Å². The summed E-state index contributed by atoms with van der Waals surface area (Å²) in [5, 5.41) is 6.78. The summed E-state index contributed by atoms with van der Waals surface area (Å²) >= 11 is 0.